The summed E-state index contributed by atoms with van der Waals surface area (Å²) in [6.07, 6.45) is 0. The van der Waals surface area contributed by atoms with E-state index in [-0.39, 0.29) is 11.0 Å². The molecule has 0 spiro atoms. The fourth-order valence-corrected chi connectivity index (χ4v) is 2.97. The first kappa shape index (κ1) is 13.8. The number of nitrogens with zero attached hydrogens (tertiary/aromatic N) is 1. The van der Waals surface area contributed by atoms with Crippen LogP contribution in [0.15, 0.2) is 39.9 Å². The number of fused-ring (bicyclic) bond motifs is 1. The van der Waals surface area contributed by atoms with Crippen LogP contribution in [0.25, 0.3) is 11.0 Å². The monoisotopic (exact) mass is 302 g/mol. The number of aromatic carboxylic acids is 1. The molecular formula is C15H14N2O3S. The molecule has 1 unspecified atom stereocenters. The van der Waals surface area contributed by atoms with Crippen LogP contribution in [0.1, 0.15) is 34.1 Å². The van der Waals surface area contributed by atoms with Crippen molar-refractivity contribution in [1.82, 2.24) is 9.97 Å². The van der Waals surface area contributed by atoms with Gasteiger partial charge in [-0.1, -0.05) is 17.8 Å². The molecule has 5 nitrogen and oxygen atoms in total. The van der Waals surface area contributed by atoms with Crippen LogP contribution in [0.2, 0.25) is 0 Å². The highest BCUT2D eigenvalue weighted by molar-refractivity contribution is 7.99. The Hall–Kier alpha value is -2.21. The van der Waals surface area contributed by atoms with E-state index >= 15 is 0 Å². The Morgan fingerprint density at radius 2 is 2.19 bits per heavy atom. The number of thioether (sulfide) groups is 1. The quantitative estimate of drug-likeness (QED) is 0.712. The molecular weight excluding hydrogens is 288 g/mol. The predicted octanol–water partition coefficient (Wildman–Crippen LogP) is 4.02. The third-order valence-corrected chi connectivity index (χ3v) is 4.14. The lowest BCUT2D eigenvalue weighted by Gasteiger charge is -2.04. The summed E-state index contributed by atoms with van der Waals surface area (Å²) in [4.78, 5) is 18.6. The van der Waals surface area contributed by atoms with Gasteiger partial charge in [0, 0.05) is 0 Å². The van der Waals surface area contributed by atoms with E-state index in [4.69, 9.17) is 9.52 Å². The third-order valence-electron chi connectivity index (χ3n) is 3.14. The maximum absolute atomic E-state index is 10.8. The summed E-state index contributed by atoms with van der Waals surface area (Å²) in [7, 11) is 0. The van der Waals surface area contributed by atoms with E-state index in [0.717, 1.165) is 16.2 Å². The number of aromatic nitrogens is 2. The van der Waals surface area contributed by atoms with Crippen LogP contribution in [0.5, 0.6) is 0 Å². The predicted molar refractivity (Wildman–Crippen MR) is 80.8 cm³/mol. The first-order valence-corrected chi connectivity index (χ1v) is 7.37. The van der Waals surface area contributed by atoms with Gasteiger partial charge in [0.15, 0.2) is 5.16 Å². The van der Waals surface area contributed by atoms with E-state index < -0.39 is 5.97 Å². The van der Waals surface area contributed by atoms with Gasteiger partial charge in [-0.3, -0.25) is 0 Å². The SMILES string of the molecule is Cc1ccc2nc(SC(C)c3ccc(C(=O)O)o3)[nH]c2c1. The third kappa shape index (κ3) is 2.80. The standard InChI is InChI=1S/C15H14N2O3S/c1-8-3-4-10-11(7-8)17-15(16-10)21-9(2)12-5-6-13(20-12)14(18)19/h3-7,9H,1-2H3,(H,16,17)(H,18,19). The summed E-state index contributed by atoms with van der Waals surface area (Å²) >= 11 is 1.50. The maximum atomic E-state index is 10.8. The number of H-pyrrole nitrogens is 1. The smallest absolute Gasteiger partial charge is 0.371 e. The summed E-state index contributed by atoms with van der Waals surface area (Å²) in [5.41, 5.74) is 3.09. The highest BCUT2D eigenvalue weighted by Crippen LogP contribution is 2.35. The number of furan rings is 1. The Balaban J connectivity index is 1.81. The molecule has 1 atom stereocenters. The van der Waals surface area contributed by atoms with Crippen LogP contribution in [0, 0.1) is 6.92 Å². The zero-order valence-electron chi connectivity index (χ0n) is 11.6. The number of imidazole rings is 1. The number of carboxylic acid groups (broad SMARTS) is 1. The highest BCUT2D eigenvalue weighted by atomic mass is 32.2. The number of aryl methyl sites for hydroxylation is 1. The average Bonchev–Trinajstić information content (AvgIpc) is 3.03. The van der Waals surface area contributed by atoms with Crippen LogP contribution in [0.3, 0.4) is 0 Å². The van der Waals surface area contributed by atoms with Crippen molar-refractivity contribution in [1.29, 1.82) is 0 Å². The number of benzene rings is 1. The Morgan fingerprint density at radius 3 is 2.90 bits per heavy atom. The van der Waals surface area contributed by atoms with E-state index in [9.17, 15) is 4.79 Å². The van der Waals surface area contributed by atoms with Crippen molar-refractivity contribution in [2.24, 2.45) is 0 Å². The molecule has 3 rings (SSSR count). The van der Waals surface area contributed by atoms with Gasteiger partial charge in [0.2, 0.25) is 5.76 Å². The summed E-state index contributed by atoms with van der Waals surface area (Å²) in [5, 5.41) is 9.63. The molecule has 2 aromatic heterocycles. The molecule has 2 heterocycles. The van der Waals surface area contributed by atoms with E-state index in [1.807, 2.05) is 32.0 Å². The molecule has 0 saturated carbocycles. The first-order chi connectivity index (χ1) is 10.0. The highest BCUT2D eigenvalue weighted by Gasteiger charge is 2.16. The van der Waals surface area contributed by atoms with Crippen molar-refractivity contribution >= 4 is 28.8 Å². The molecule has 6 heteroatoms. The molecule has 0 aliphatic rings. The summed E-state index contributed by atoms with van der Waals surface area (Å²) in [6.45, 7) is 3.99. The number of aromatic amines is 1. The molecule has 2 N–H and O–H groups in total. The summed E-state index contributed by atoms with van der Waals surface area (Å²) < 4.78 is 5.31. The Labute approximate surface area is 125 Å². The average molecular weight is 302 g/mol. The minimum atomic E-state index is -1.06. The molecule has 0 fully saturated rings. The zero-order chi connectivity index (χ0) is 15.0. The summed E-state index contributed by atoms with van der Waals surface area (Å²) in [5.74, 6) is -0.482. The first-order valence-electron chi connectivity index (χ1n) is 6.49. The van der Waals surface area contributed by atoms with Gasteiger partial charge in [-0.15, -0.1) is 0 Å². The van der Waals surface area contributed by atoms with Gasteiger partial charge in [-0.2, -0.15) is 0 Å². The lowest BCUT2D eigenvalue weighted by molar-refractivity contribution is 0.0660. The normalized spacial score (nSPS) is 12.7. The molecule has 1 aromatic carbocycles. The molecule has 0 saturated heterocycles. The Kier molecular flexibility index (Phi) is 3.47. The van der Waals surface area contributed by atoms with E-state index in [1.54, 1.807) is 6.07 Å². The van der Waals surface area contributed by atoms with Gasteiger partial charge in [-0.05, 0) is 43.7 Å². The second kappa shape index (κ2) is 5.29. The lowest BCUT2D eigenvalue weighted by atomic mass is 10.2. The molecule has 0 amide bonds. The van der Waals surface area contributed by atoms with Gasteiger partial charge < -0.3 is 14.5 Å². The van der Waals surface area contributed by atoms with E-state index in [1.165, 1.54) is 23.4 Å². The van der Waals surface area contributed by atoms with Gasteiger partial charge in [0.05, 0.1) is 16.3 Å². The van der Waals surface area contributed by atoms with Gasteiger partial charge >= 0.3 is 5.97 Å². The van der Waals surface area contributed by atoms with Crippen molar-refractivity contribution in [2.75, 3.05) is 0 Å². The number of hydrogen-bond donors (Lipinski definition) is 2. The van der Waals surface area contributed by atoms with Crippen molar-refractivity contribution < 1.29 is 14.3 Å². The second-order valence-electron chi connectivity index (χ2n) is 4.83. The van der Waals surface area contributed by atoms with Gasteiger partial charge in [0.1, 0.15) is 5.76 Å². The zero-order valence-corrected chi connectivity index (χ0v) is 12.4. The van der Waals surface area contributed by atoms with Gasteiger partial charge in [0.25, 0.3) is 0 Å². The number of carboxylic acids is 1. The van der Waals surface area contributed by atoms with E-state index in [0.29, 0.717) is 5.76 Å². The lowest BCUT2D eigenvalue weighted by Crippen LogP contribution is -1.92. The Morgan fingerprint density at radius 1 is 1.38 bits per heavy atom. The van der Waals surface area contributed by atoms with Crippen LogP contribution in [0.4, 0.5) is 0 Å². The largest absolute Gasteiger partial charge is 0.475 e. The second-order valence-corrected chi connectivity index (χ2v) is 6.16. The fourth-order valence-electron chi connectivity index (χ4n) is 2.07. The molecule has 0 radical (unpaired) electrons. The molecule has 0 aliphatic carbocycles. The number of carbonyl (C=O) groups is 1. The van der Waals surface area contributed by atoms with Crippen molar-refractivity contribution in [3.8, 4) is 0 Å². The Bertz CT molecular complexity index is 806. The van der Waals surface area contributed by atoms with Crippen LogP contribution >= 0.6 is 11.8 Å². The molecule has 0 bridgehead atoms. The molecule has 108 valence electrons. The van der Waals surface area contributed by atoms with Crippen LogP contribution < -0.4 is 0 Å². The van der Waals surface area contributed by atoms with E-state index in [2.05, 4.69) is 9.97 Å². The molecule has 3 aromatic rings. The molecule has 0 aliphatic heterocycles. The van der Waals surface area contributed by atoms with Crippen molar-refractivity contribution in [2.45, 2.75) is 24.3 Å². The minimum absolute atomic E-state index is 0.0280. The van der Waals surface area contributed by atoms with Crippen LogP contribution in [-0.2, 0) is 0 Å². The molecule has 21 heavy (non-hydrogen) atoms. The van der Waals surface area contributed by atoms with Crippen molar-refractivity contribution in [3.63, 3.8) is 0 Å². The summed E-state index contributed by atoms with van der Waals surface area (Å²) in [6, 6.07) is 9.20. The van der Waals surface area contributed by atoms with Gasteiger partial charge in [-0.25, -0.2) is 9.78 Å². The number of nitrogens with one attached hydrogen (secondary N) is 1. The topological polar surface area (TPSA) is 79.1 Å². The van der Waals surface area contributed by atoms with Crippen LogP contribution in [-0.4, -0.2) is 21.0 Å². The number of hydrogen-bond acceptors (Lipinski definition) is 4. The maximum Gasteiger partial charge on any atom is 0.371 e. The fraction of sp³-hybridized carbons (Fsp3) is 0.200. The van der Waals surface area contributed by atoms with Crippen molar-refractivity contribution in [3.05, 3.63) is 47.4 Å². The minimum Gasteiger partial charge on any atom is -0.475 e. The number of rotatable bonds is 4.